The van der Waals surface area contributed by atoms with Crippen molar-refractivity contribution in [2.75, 3.05) is 18.1 Å². The minimum atomic E-state index is -3.67. The summed E-state index contributed by atoms with van der Waals surface area (Å²) in [5.74, 6) is 0.678. The predicted octanol–water partition coefficient (Wildman–Crippen LogP) is 5.38. The van der Waals surface area contributed by atoms with Crippen LogP contribution in [-0.2, 0) is 21.5 Å². The zero-order chi connectivity index (χ0) is 29.8. The smallest absolute Gasteiger partial charge is 0.261 e. The summed E-state index contributed by atoms with van der Waals surface area (Å²) in [5, 5.41) is 6.98. The summed E-state index contributed by atoms with van der Waals surface area (Å²) >= 11 is 1.36. The average Bonchev–Trinajstić information content (AvgIpc) is 3.52. The molecule has 0 bridgehead atoms. The summed E-state index contributed by atoms with van der Waals surface area (Å²) in [5.41, 5.74) is 1.57. The third-order valence-electron chi connectivity index (χ3n) is 5.64. The molecule has 0 spiro atoms. The van der Waals surface area contributed by atoms with E-state index in [0.717, 1.165) is 21.1 Å². The molecule has 0 aliphatic carbocycles. The Morgan fingerprint density at radius 2 is 1.90 bits per heavy atom. The molecular weight excluding hydrogens is 571 g/mol. The number of amides is 1. The minimum absolute atomic E-state index is 0.0159. The highest BCUT2D eigenvalue weighted by Gasteiger charge is 2.20. The first-order valence-electron chi connectivity index (χ1n) is 12.4. The number of fused-ring (bicyclic) bond motifs is 2. The Labute approximate surface area is 240 Å². The van der Waals surface area contributed by atoms with E-state index in [1.165, 1.54) is 23.9 Å². The van der Waals surface area contributed by atoms with Gasteiger partial charge in [0, 0.05) is 36.5 Å². The molecule has 216 valence electrons. The Bertz CT molecular complexity index is 1790. The number of nitrogens with one attached hydrogen (secondary N) is 2. The molecule has 2 aromatic carbocycles. The largest absolute Gasteiger partial charge is 0.454 e. The molecule has 0 saturated carbocycles. The maximum Gasteiger partial charge on any atom is 0.261 e. The van der Waals surface area contributed by atoms with Crippen molar-refractivity contribution in [2.45, 2.75) is 27.3 Å². The van der Waals surface area contributed by atoms with Gasteiger partial charge >= 0.3 is 0 Å². The quantitative estimate of drug-likeness (QED) is 0.209. The number of hydrogen-bond acceptors (Lipinski definition) is 9. The van der Waals surface area contributed by atoms with Crippen molar-refractivity contribution in [3.05, 3.63) is 67.0 Å². The van der Waals surface area contributed by atoms with Crippen LogP contribution in [0.1, 0.15) is 20.8 Å². The molecule has 0 atom stereocenters. The van der Waals surface area contributed by atoms with Crippen molar-refractivity contribution in [2.24, 2.45) is 5.41 Å². The van der Waals surface area contributed by atoms with Crippen LogP contribution in [0.5, 0.6) is 11.5 Å². The van der Waals surface area contributed by atoms with E-state index in [0.29, 0.717) is 36.6 Å². The highest BCUT2D eigenvalue weighted by Crippen LogP contribution is 2.34. The fourth-order valence-corrected chi connectivity index (χ4v) is 4.40. The molecule has 0 aliphatic rings. The molecule has 0 aliphatic heterocycles. The van der Waals surface area contributed by atoms with Gasteiger partial charge in [0.1, 0.15) is 17.6 Å². The van der Waals surface area contributed by atoms with E-state index in [-0.39, 0.29) is 11.7 Å². The van der Waals surface area contributed by atoms with Crippen LogP contribution >= 0.6 is 11.5 Å². The van der Waals surface area contributed by atoms with E-state index in [2.05, 4.69) is 25.0 Å². The summed E-state index contributed by atoms with van der Waals surface area (Å²) in [6.07, 6.45) is 5.78. The van der Waals surface area contributed by atoms with Crippen molar-refractivity contribution in [1.82, 2.24) is 24.2 Å². The van der Waals surface area contributed by atoms with Gasteiger partial charge in [0.2, 0.25) is 5.91 Å². The van der Waals surface area contributed by atoms with Gasteiger partial charge in [-0.15, -0.1) is 0 Å². The topological polar surface area (TPSA) is 148 Å². The van der Waals surface area contributed by atoms with Crippen LogP contribution in [0.25, 0.3) is 21.1 Å². The van der Waals surface area contributed by atoms with E-state index in [9.17, 15) is 17.6 Å². The molecule has 41 heavy (non-hydrogen) atoms. The maximum absolute atomic E-state index is 15.0. The summed E-state index contributed by atoms with van der Waals surface area (Å²) < 4.78 is 53.8. The highest BCUT2D eigenvalue weighted by molar-refractivity contribution is 7.85. The van der Waals surface area contributed by atoms with Crippen molar-refractivity contribution >= 4 is 60.2 Å². The van der Waals surface area contributed by atoms with Gasteiger partial charge in [-0.1, -0.05) is 26.8 Å². The lowest BCUT2D eigenvalue weighted by atomic mass is 9.96. The molecule has 3 aromatic heterocycles. The molecular formula is C27H29FN6O5S2. The van der Waals surface area contributed by atoms with Crippen molar-refractivity contribution in [3.63, 3.8) is 0 Å². The molecule has 11 nitrogen and oxygen atoms in total. The molecule has 0 fully saturated rings. The fraction of sp³-hybridized carbons (Fsp3) is 0.259. The van der Waals surface area contributed by atoms with Gasteiger partial charge in [0.25, 0.3) is 10.1 Å². The third-order valence-corrected chi connectivity index (χ3v) is 6.41. The number of benzene rings is 2. The number of carbonyl (C=O) groups is 1. The van der Waals surface area contributed by atoms with Gasteiger partial charge in [-0.25, -0.2) is 14.4 Å². The zero-order valence-corrected chi connectivity index (χ0v) is 24.4. The molecule has 0 unspecified atom stereocenters. The lowest BCUT2D eigenvalue weighted by Gasteiger charge is -2.18. The van der Waals surface area contributed by atoms with E-state index < -0.39 is 21.4 Å². The number of anilines is 2. The Hall–Kier alpha value is -4.14. The lowest BCUT2D eigenvalue weighted by Crippen LogP contribution is -2.36. The predicted molar refractivity (Wildman–Crippen MR) is 157 cm³/mol. The van der Waals surface area contributed by atoms with Gasteiger partial charge in [-0.05, 0) is 41.9 Å². The molecule has 0 radical (unpaired) electrons. The molecule has 5 rings (SSSR count). The normalized spacial score (nSPS) is 11.7. The second-order valence-corrected chi connectivity index (χ2v) is 12.4. The monoisotopic (exact) mass is 600 g/mol. The van der Waals surface area contributed by atoms with Crippen molar-refractivity contribution in [3.8, 4) is 11.5 Å². The van der Waals surface area contributed by atoms with Crippen LogP contribution in [0.4, 0.5) is 15.9 Å². The molecule has 5 aromatic rings. The molecule has 3 heterocycles. The standard InChI is InChI=1S/C26H25FN6O2S.CH4O3S/c1-26(2,3)25(34)28-10-12-33-11-9-19-23(33)24(30-15-29-19)32-16-7-8-21(18(27)13-16)35-20-5-4-6-22-17(20)14-31-36-22;1-5(2,3)4/h4-9,11,13-15H,10,12H2,1-3H3,(H,28,34)(H,29,30,32);1H3,(H,2,3,4). The fourth-order valence-electron chi connectivity index (χ4n) is 3.74. The summed E-state index contributed by atoms with van der Waals surface area (Å²) in [6.45, 7) is 6.62. The lowest BCUT2D eigenvalue weighted by molar-refractivity contribution is -0.128. The van der Waals surface area contributed by atoms with Gasteiger partial charge < -0.3 is 19.9 Å². The first kappa shape index (κ1) is 29.8. The van der Waals surface area contributed by atoms with Crippen LogP contribution in [0.2, 0.25) is 0 Å². The minimum Gasteiger partial charge on any atom is -0.454 e. The molecule has 1 amide bonds. The molecule has 14 heteroatoms. The Morgan fingerprint density at radius 1 is 1.15 bits per heavy atom. The first-order valence-corrected chi connectivity index (χ1v) is 15.0. The second-order valence-electron chi connectivity index (χ2n) is 10.1. The van der Waals surface area contributed by atoms with Crippen molar-refractivity contribution < 1.29 is 26.9 Å². The summed E-state index contributed by atoms with van der Waals surface area (Å²) in [6, 6.07) is 12.1. The van der Waals surface area contributed by atoms with E-state index >= 15 is 0 Å². The number of hydrogen-bond donors (Lipinski definition) is 3. The number of nitrogens with zero attached hydrogens (tertiary/aromatic N) is 4. The number of carbonyl (C=O) groups excluding carboxylic acids is 1. The molecule has 0 saturated heterocycles. The zero-order valence-electron chi connectivity index (χ0n) is 22.8. The second kappa shape index (κ2) is 12.2. The van der Waals surface area contributed by atoms with Crippen LogP contribution in [0.3, 0.4) is 0 Å². The maximum atomic E-state index is 15.0. The highest BCUT2D eigenvalue weighted by atomic mass is 32.2. The van der Waals surface area contributed by atoms with Crippen LogP contribution in [-0.4, -0.2) is 50.6 Å². The number of rotatable bonds is 7. The van der Waals surface area contributed by atoms with Gasteiger partial charge in [-0.3, -0.25) is 9.35 Å². The first-order chi connectivity index (χ1) is 19.3. The summed E-state index contributed by atoms with van der Waals surface area (Å²) in [7, 11) is -3.67. The SMILES string of the molecule is CC(C)(C)C(=O)NCCn1ccc2ncnc(Nc3ccc(Oc4cccc5sncc45)c(F)c3)c21.CS(=O)(=O)O. The summed E-state index contributed by atoms with van der Waals surface area (Å²) in [4.78, 5) is 20.9. The average molecular weight is 601 g/mol. The Kier molecular flexibility index (Phi) is 8.85. The van der Waals surface area contributed by atoms with E-state index in [4.69, 9.17) is 9.29 Å². The molecule has 3 N–H and O–H groups in total. The Balaban J connectivity index is 0.000000714. The van der Waals surface area contributed by atoms with Gasteiger partial charge in [-0.2, -0.15) is 12.8 Å². The van der Waals surface area contributed by atoms with Crippen LogP contribution < -0.4 is 15.4 Å². The number of ether oxygens (including phenoxy) is 1. The van der Waals surface area contributed by atoms with Gasteiger partial charge in [0.15, 0.2) is 17.4 Å². The third kappa shape index (κ3) is 7.96. The number of halogens is 1. The van der Waals surface area contributed by atoms with E-state index in [1.807, 2.05) is 49.7 Å². The van der Waals surface area contributed by atoms with Crippen LogP contribution in [0.15, 0.2) is 61.2 Å². The van der Waals surface area contributed by atoms with Crippen LogP contribution in [0, 0.1) is 11.2 Å². The Morgan fingerprint density at radius 3 is 2.61 bits per heavy atom. The van der Waals surface area contributed by atoms with Gasteiger partial charge in [0.05, 0.1) is 28.1 Å². The van der Waals surface area contributed by atoms with E-state index in [1.54, 1.807) is 24.4 Å². The van der Waals surface area contributed by atoms with Crippen molar-refractivity contribution in [1.29, 1.82) is 0 Å². The number of aromatic nitrogens is 4.